The number of rotatable bonds is 7. The number of methoxy groups -OCH3 is 1. The van der Waals surface area contributed by atoms with Crippen molar-refractivity contribution in [2.45, 2.75) is 72.8 Å². The highest BCUT2D eigenvalue weighted by Gasteiger charge is 2.48. The van der Waals surface area contributed by atoms with Gasteiger partial charge in [-0.25, -0.2) is 0 Å². The Bertz CT molecular complexity index is 1480. The summed E-state index contributed by atoms with van der Waals surface area (Å²) in [6.45, 7) is 11.5. The van der Waals surface area contributed by atoms with Gasteiger partial charge in [-0.1, -0.05) is 27.7 Å². The summed E-state index contributed by atoms with van der Waals surface area (Å²) in [6.07, 6.45) is 2.38. The molecule has 0 saturated heterocycles. The molecule has 0 fully saturated rings. The van der Waals surface area contributed by atoms with E-state index < -0.39 is 10.8 Å². The number of Topliss-reactive ketones (excluding diaryl/α,β-unsaturated/α-hetero) is 2. The molecule has 0 aromatic heterocycles. The van der Waals surface area contributed by atoms with Crippen molar-refractivity contribution in [1.29, 1.82) is 0 Å². The molecule has 0 atom stereocenters. The van der Waals surface area contributed by atoms with Crippen molar-refractivity contribution in [3.63, 3.8) is 0 Å². The number of allylic oxidation sites excluding steroid dienone is 4. The lowest BCUT2D eigenvalue weighted by atomic mass is 9.63. The van der Waals surface area contributed by atoms with Gasteiger partial charge in [0.2, 0.25) is 0 Å². The highest BCUT2D eigenvalue weighted by Crippen LogP contribution is 2.55. The summed E-state index contributed by atoms with van der Waals surface area (Å²) in [4.78, 5) is 40.6. The molecule has 5 rings (SSSR count). The zero-order chi connectivity index (χ0) is 30.6. The number of ketones is 2. The van der Waals surface area contributed by atoms with E-state index in [1.165, 1.54) is 12.1 Å². The van der Waals surface area contributed by atoms with Gasteiger partial charge < -0.3 is 14.4 Å². The summed E-state index contributed by atoms with van der Waals surface area (Å²) in [5.41, 5.74) is 4.73. The highest BCUT2D eigenvalue weighted by molar-refractivity contribution is 9.10. The Morgan fingerprint density at radius 2 is 1.50 bits per heavy atom. The minimum atomic E-state index is -0.487. The van der Waals surface area contributed by atoms with E-state index in [-0.39, 0.29) is 34.7 Å². The van der Waals surface area contributed by atoms with E-state index in [0.717, 1.165) is 46.5 Å². The van der Waals surface area contributed by atoms with Crippen LogP contribution in [-0.2, 0) is 16.2 Å². The van der Waals surface area contributed by atoms with Gasteiger partial charge in [-0.15, -0.1) is 0 Å². The summed E-state index contributed by atoms with van der Waals surface area (Å²) in [6, 6.07) is 9.99. The minimum absolute atomic E-state index is 0.0135. The number of ether oxygens (including phenoxy) is 2. The van der Waals surface area contributed by atoms with Gasteiger partial charge in [-0.05, 0) is 81.9 Å². The predicted octanol–water partition coefficient (Wildman–Crippen LogP) is 7.65. The van der Waals surface area contributed by atoms with Crippen molar-refractivity contribution in [3.05, 3.63) is 84.7 Å². The van der Waals surface area contributed by atoms with Crippen LogP contribution >= 0.6 is 15.9 Å². The van der Waals surface area contributed by atoms with Crippen LogP contribution in [0.1, 0.15) is 77.3 Å². The van der Waals surface area contributed by atoms with Gasteiger partial charge in [0.05, 0.1) is 16.5 Å². The molecule has 222 valence electrons. The molecule has 2 aromatic rings. The van der Waals surface area contributed by atoms with Crippen LogP contribution in [0.3, 0.4) is 0 Å². The zero-order valence-corrected chi connectivity index (χ0v) is 26.6. The number of nitro groups is 1. The lowest BCUT2D eigenvalue weighted by Crippen LogP contribution is -2.44. The minimum Gasteiger partial charge on any atom is -0.493 e. The summed E-state index contributed by atoms with van der Waals surface area (Å²) < 4.78 is 12.5. The Morgan fingerprint density at radius 1 is 0.952 bits per heavy atom. The van der Waals surface area contributed by atoms with Crippen LogP contribution < -0.4 is 9.47 Å². The first-order chi connectivity index (χ1) is 19.7. The number of benzene rings is 2. The largest absolute Gasteiger partial charge is 0.493 e. The van der Waals surface area contributed by atoms with Crippen LogP contribution in [0.5, 0.6) is 11.5 Å². The smallest absolute Gasteiger partial charge is 0.269 e. The third-order valence-corrected chi connectivity index (χ3v) is 9.04. The van der Waals surface area contributed by atoms with Crippen LogP contribution in [0.2, 0.25) is 0 Å². The molecule has 0 radical (unpaired) electrons. The summed E-state index contributed by atoms with van der Waals surface area (Å²) in [5, 5.41) is 11.0. The Balaban J connectivity index is 1.60. The lowest BCUT2D eigenvalue weighted by Gasteiger charge is -2.49. The van der Waals surface area contributed by atoms with Crippen LogP contribution in [-0.4, -0.2) is 35.0 Å². The number of non-ortho nitro benzene ring substituents is 1. The van der Waals surface area contributed by atoms with Crippen LogP contribution in [0.15, 0.2) is 63.4 Å². The molecule has 0 bridgehead atoms. The van der Waals surface area contributed by atoms with Gasteiger partial charge in [-0.3, -0.25) is 19.7 Å². The van der Waals surface area contributed by atoms with Crippen molar-refractivity contribution in [2.75, 3.05) is 13.7 Å². The standard InChI is InChI=1S/C33H37BrN2O6/c1-7-35-23-14-32(2,3)16-25(37)29(23)28(30-24(35)15-33(4,5)17-26(30)38)20-12-22(34)31(27(13-20)41-6)42-18-19-8-10-21(11-9-19)36(39)40/h8-13,28H,7,14-18H2,1-6H3. The molecule has 1 aliphatic heterocycles. The molecule has 0 unspecified atom stereocenters. The van der Waals surface area contributed by atoms with Crippen LogP contribution in [0, 0.1) is 20.9 Å². The van der Waals surface area contributed by atoms with Gasteiger partial charge in [0.1, 0.15) is 6.61 Å². The Labute approximate surface area is 255 Å². The maximum Gasteiger partial charge on any atom is 0.269 e. The van der Waals surface area contributed by atoms with Crippen molar-refractivity contribution in [1.82, 2.24) is 4.90 Å². The fourth-order valence-electron chi connectivity index (χ4n) is 6.68. The lowest BCUT2D eigenvalue weighted by molar-refractivity contribution is -0.384. The molecular weight excluding hydrogens is 600 g/mol. The molecule has 2 aliphatic carbocycles. The first kappa shape index (κ1) is 30.0. The second-order valence-corrected chi connectivity index (χ2v) is 13.9. The van der Waals surface area contributed by atoms with E-state index in [1.54, 1.807) is 19.2 Å². The van der Waals surface area contributed by atoms with Crippen molar-refractivity contribution in [2.24, 2.45) is 10.8 Å². The second-order valence-electron chi connectivity index (χ2n) is 13.0. The predicted molar refractivity (Wildman–Crippen MR) is 163 cm³/mol. The fourth-order valence-corrected chi connectivity index (χ4v) is 7.25. The van der Waals surface area contributed by atoms with Gasteiger partial charge in [0.25, 0.3) is 5.69 Å². The number of carbonyl (C=O) groups is 2. The van der Waals surface area contributed by atoms with Crippen LogP contribution in [0.25, 0.3) is 0 Å². The Morgan fingerprint density at radius 3 is 1.98 bits per heavy atom. The normalized spacial score (nSPS) is 19.9. The van der Waals surface area contributed by atoms with E-state index in [2.05, 4.69) is 55.4 Å². The maximum absolute atomic E-state index is 13.9. The molecular formula is C33H37BrN2O6. The molecule has 2 aromatic carbocycles. The third kappa shape index (κ3) is 5.51. The average Bonchev–Trinajstić information content (AvgIpc) is 2.89. The summed E-state index contributed by atoms with van der Waals surface area (Å²) in [5.74, 6) is 0.626. The monoisotopic (exact) mass is 636 g/mol. The quantitative estimate of drug-likeness (QED) is 0.227. The van der Waals surface area contributed by atoms with E-state index in [4.69, 9.17) is 9.47 Å². The second kappa shape index (κ2) is 11.0. The van der Waals surface area contributed by atoms with E-state index in [1.807, 2.05) is 12.1 Å². The molecule has 8 nitrogen and oxygen atoms in total. The van der Waals surface area contributed by atoms with Crippen molar-refractivity contribution >= 4 is 33.2 Å². The highest BCUT2D eigenvalue weighted by atomic mass is 79.9. The molecule has 1 heterocycles. The molecule has 9 heteroatoms. The summed E-state index contributed by atoms with van der Waals surface area (Å²) in [7, 11) is 1.56. The fraction of sp³-hybridized carbons (Fsp3) is 0.455. The SMILES string of the molecule is CCN1C2=C(C(=O)CC(C)(C)C2)C(c2cc(Br)c(OCc3ccc([N+](=O)[O-])cc3)c(OC)c2)C2=C1CC(C)(C)CC2=O. The van der Waals surface area contributed by atoms with Gasteiger partial charge in [-0.2, -0.15) is 0 Å². The number of hydrogen-bond acceptors (Lipinski definition) is 7. The van der Waals surface area contributed by atoms with Gasteiger partial charge >= 0.3 is 0 Å². The summed E-state index contributed by atoms with van der Waals surface area (Å²) >= 11 is 3.67. The third-order valence-electron chi connectivity index (χ3n) is 8.45. The number of carbonyl (C=O) groups excluding carboxylic acids is 2. The molecule has 3 aliphatic rings. The van der Waals surface area contributed by atoms with Gasteiger partial charge in [0, 0.05) is 60.0 Å². The number of nitrogens with zero attached hydrogens (tertiary/aromatic N) is 2. The van der Waals surface area contributed by atoms with Crippen LogP contribution in [0.4, 0.5) is 5.69 Å². The molecule has 0 saturated carbocycles. The molecule has 0 N–H and O–H groups in total. The molecule has 42 heavy (non-hydrogen) atoms. The number of halogens is 1. The Kier molecular flexibility index (Phi) is 7.85. The Hall–Kier alpha value is -3.46. The first-order valence-electron chi connectivity index (χ1n) is 14.3. The molecule has 0 amide bonds. The first-order valence-corrected chi connectivity index (χ1v) is 15.1. The number of nitro benzene ring substituents is 1. The average molecular weight is 638 g/mol. The number of hydrogen-bond donors (Lipinski definition) is 0. The zero-order valence-electron chi connectivity index (χ0n) is 25.0. The molecule has 0 spiro atoms. The van der Waals surface area contributed by atoms with Gasteiger partial charge in [0.15, 0.2) is 23.1 Å². The van der Waals surface area contributed by atoms with E-state index in [9.17, 15) is 19.7 Å². The topological polar surface area (TPSA) is 99.0 Å². The van der Waals surface area contributed by atoms with Crippen molar-refractivity contribution < 1.29 is 24.0 Å². The van der Waals surface area contributed by atoms with Crippen molar-refractivity contribution in [3.8, 4) is 11.5 Å². The van der Waals surface area contributed by atoms with E-state index >= 15 is 0 Å². The van der Waals surface area contributed by atoms with E-state index in [0.29, 0.717) is 35.4 Å². The maximum atomic E-state index is 13.9.